The second kappa shape index (κ2) is 7.40. The van der Waals surface area contributed by atoms with Crippen molar-refractivity contribution in [3.8, 4) is 0 Å². The predicted molar refractivity (Wildman–Crippen MR) is 101 cm³/mol. The number of thiazole rings is 1. The van der Waals surface area contributed by atoms with E-state index in [1.807, 2.05) is 10.3 Å². The van der Waals surface area contributed by atoms with E-state index in [4.69, 9.17) is 4.74 Å². The number of hydrogen-bond donors (Lipinski definition) is 2. The van der Waals surface area contributed by atoms with E-state index < -0.39 is 17.5 Å². The van der Waals surface area contributed by atoms with Gasteiger partial charge in [0.2, 0.25) is 5.67 Å². The number of amidine groups is 1. The molecule has 1 unspecified atom stereocenters. The van der Waals surface area contributed by atoms with Crippen molar-refractivity contribution in [3.05, 3.63) is 27.9 Å². The van der Waals surface area contributed by atoms with Crippen LogP contribution in [0.4, 0.5) is 4.39 Å². The molecule has 0 radical (unpaired) electrons. The minimum absolute atomic E-state index is 0.0209. The number of nitrogens with one attached hydrogen (secondary N) is 2. The molecule has 148 valence electrons. The van der Waals surface area contributed by atoms with E-state index in [1.54, 1.807) is 13.1 Å². The maximum absolute atomic E-state index is 14.8. The Labute approximate surface area is 164 Å². The summed E-state index contributed by atoms with van der Waals surface area (Å²) in [7, 11) is 0. The molecular formula is C17H19FN6O3S. The Balaban J connectivity index is 1.53. The van der Waals surface area contributed by atoms with Crippen molar-refractivity contribution >= 4 is 34.8 Å². The Morgan fingerprint density at radius 2 is 2.36 bits per heavy atom. The van der Waals surface area contributed by atoms with Crippen molar-refractivity contribution in [3.63, 3.8) is 0 Å². The molecule has 9 nitrogen and oxygen atoms in total. The number of aliphatic imine (C=N–C) groups is 1. The molecule has 1 fully saturated rings. The monoisotopic (exact) mass is 406 g/mol. The third-order valence-corrected chi connectivity index (χ3v) is 5.60. The van der Waals surface area contributed by atoms with Gasteiger partial charge in [0.05, 0.1) is 24.4 Å². The fourth-order valence-corrected chi connectivity index (χ4v) is 3.92. The summed E-state index contributed by atoms with van der Waals surface area (Å²) in [5, 5.41) is 9.59. The lowest BCUT2D eigenvalue weighted by molar-refractivity contribution is -0.138. The maximum atomic E-state index is 14.8. The summed E-state index contributed by atoms with van der Waals surface area (Å²) >= 11 is 1.44. The summed E-state index contributed by atoms with van der Waals surface area (Å²) in [6.07, 6.45) is 1.70. The molecule has 1 aromatic heterocycles. The maximum Gasteiger partial charge on any atom is 0.337 e. The van der Waals surface area contributed by atoms with Crippen LogP contribution < -0.4 is 10.7 Å². The SMILES string of the molecule is CCOC(=O)C1=C(CN2CCC3(F)C(=O)NN=C3C2)NC(c2nccs2)=NC1. The van der Waals surface area contributed by atoms with Crippen LogP contribution in [0.25, 0.3) is 0 Å². The van der Waals surface area contributed by atoms with Crippen molar-refractivity contribution < 1.29 is 18.7 Å². The number of carbonyl (C=O) groups excluding carboxylic acids is 2. The average molecular weight is 406 g/mol. The van der Waals surface area contributed by atoms with Crippen molar-refractivity contribution in [1.82, 2.24) is 20.6 Å². The van der Waals surface area contributed by atoms with Gasteiger partial charge >= 0.3 is 5.97 Å². The molecule has 4 heterocycles. The fraction of sp³-hybridized carbons (Fsp3) is 0.471. The first-order chi connectivity index (χ1) is 13.5. The van der Waals surface area contributed by atoms with Crippen LogP contribution in [0.5, 0.6) is 0 Å². The van der Waals surface area contributed by atoms with Gasteiger partial charge in [0.15, 0.2) is 10.8 Å². The molecule has 0 aromatic carbocycles. The zero-order valence-electron chi connectivity index (χ0n) is 15.2. The predicted octanol–water partition coefficient (Wildman–Crippen LogP) is 0.210. The number of hydrogen-bond acceptors (Lipinski definition) is 9. The standard InChI is InChI=1S/C17H19FN6O3S/c1-2-27-15(25)10-7-20-13(14-19-4-6-28-14)21-11(10)8-24-5-3-17(18)12(9-24)22-23-16(17)26/h4,6H,2-3,5,7-9H2,1H3,(H,20,21)(H,23,26). The number of nitrogens with zero attached hydrogens (tertiary/aromatic N) is 4. The van der Waals surface area contributed by atoms with Gasteiger partial charge in [0.25, 0.3) is 5.91 Å². The number of esters is 1. The average Bonchev–Trinajstić information content (AvgIpc) is 3.32. The highest BCUT2D eigenvalue weighted by molar-refractivity contribution is 7.11. The van der Waals surface area contributed by atoms with Crippen LogP contribution in [0.15, 0.2) is 32.9 Å². The van der Waals surface area contributed by atoms with E-state index >= 15 is 0 Å². The number of aromatic nitrogens is 1. The van der Waals surface area contributed by atoms with Crippen molar-refractivity contribution in [2.24, 2.45) is 10.1 Å². The van der Waals surface area contributed by atoms with Crippen LogP contribution in [-0.2, 0) is 14.3 Å². The zero-order chi connectivity index (χ0) is 19.7. The minimum atomic E-state index is -2.03. The highest BCUT2D eigenvalue weighted by atomic mass is 32.1. The minimum Gasteiger partial charge on any atom is -0.463 e. The van der Waals surface area contributed by atoms with Gasteiger partial charge < -0.3 is 10.1 Å². The number of halogens is 1. The molecule has 11 heteroatoms. The molecule has 1 saturated heterocycles. The lowest BCUT2D eigenvalue weighted by Gasteiger charge is -2.34. The molecule has 1 amide bonds. The van der Waals surface area contributed by atoms with Gasteiger partial charge in [-0.3, -0.25) is 14.7 Å². The van der Waals surface area contributed by atoms with Gasteiger partial charge in [-0.25, -0.2) is 19.6 Å². The molecule has 1 atom stereocenters. The van der Waals surface area contributed by atoms with E-state index in [2.05, 4.69) is 25.8 Å². The van der Waals surface area contributed by atoms with E-state index in [9.17, 15) is 14.0 Å². The number of carbonyl (C=O) groups is 2. The van der Waals surface area contributed by atoms with Crippen molar-refractivity contribution in [2.45, 2.75) is 19.0 Å². The molecule has 0 aliphatic carbocycles. The largest absolute Gasteiger partial charge is 0.463 e. The fourth-order valence-electron chi connectivity index (χ4n) is 3.32. The molecule has 4 rings (SSSR count). The van der Waals surface area contributed by atoms with Gasteiger partial charge in [-0.05, 0) is 6.92 Å². The summed E-state index contributed by atoms with van der Waals surface area (Å²) in [5.74, 6) is -0.550. The molecule has 28 heavy (non-hydrogen) atoms. The quantitative estimate of drug-likeness (QED) is 0.677. The third kappa shape index (κ3) is 3.31. The number of ether oxygens (including phenoxy) is 1. The molecular weight excluding hydrogens is 387 g/mol. The van der Waals surface area contributed by atoms with Gasteiger partial charge in [-0.2, -0.15) is 5.10 Å². The number of alkyl halides is 1. The smallest absolute Gasteiger partial charge is 0.337 e. The van der Waals surface area contributed by atoms with Crippen LogP contribution in [0.1, 0.15) is 18.4 Å². The lowest BCUT2D eigenvalue weighted by atomic mass is 9.91. The number of likely N-dealkylation sites (tertiary alicyclic amines) is 1. The number of piperidine rings is 1. The molecule has 3 aliphatic heterocycles. The molecule has 1 aromatic rings. The first-order valence-electron chi connectivity index (χ1n) is 8.90. The third-order valence-electron chi connectivity index (χ3n) is 4.82. The Bertz CT molecular complexity index is 897. The van der Waals surface area contributed by atoms with Gasteiger partial charge in [-0.1, -0.05) is 0 Å². The molecule has 2 N–H and O–H groups in total. The topological polar surface area (TPSA) is 108 Å². The Kier molecular flexibility index (Phi) is 4.94. The summed E-state index contributed by atoms with van der Waals surface area (Å²) in [5.41, 5.74) is 1.44. The van der Waals surface area contributed by atoms with Crippen LogP contribution in [0, 0.1) is 0 Å². The summed E-state index contributed by atoms with van der Waals surface area (Å²) in [4.78, 5) is 34.6. The Morgan fingerprint density at radius 1 is 1.50 bits per heavy atom. The van der Waals surface area contributed by atoms with Gasteiger partial charge in [-0.15, -0.1) is 11.3 Å². The number of hydrazone groups is 1. The lowest BCUT2D eigenvalue weighted by Crippen LogP contribution is -2.53. The first kappa shape index (κ1) is 18.7. The van der Waals surface area contributed by atoms with Crippen LogP contribution in [-0.4, -0.2) is 71.8 Å². The van der Waals surface area contributed by atoms with E-state index in [1.165, 1.54) is 11.3 Å². The second-order valence-corrected chi connectivity index (χ2v) is 7.46. The van der Waals surface area contributed by atoms with Crippen LogP contribution >= 0.6 is 11.3 Å². The van der Waals surface area contributed by atoms with Crippen molar-refractivity contribution in [2.75, 3.05) is 32.8 Å². The molecule has 0 saturated carbocycles. The normalized spacial score (nSPS) is 24.9. The molecule has 0 bridgehead atoms. The van der Waals surface area contributed by atoms with Crippen molar-refractivity contribution in [1.29, 1.82) is 0 Å². The summed E-state index contributed by atoms with van der Waals surface area (Å²) < 4.78 is 19.9. The van der Waals surface area contributed by atoms with E-state index in [0.717, 1.165) is 5.01 Å². The van der Waals surface area contributed by atoms with Gasteiger partial charge in [0.1, 0.15) is 0 Å². The van der Waals surface area contributed by atoms with Crippen LogP contribution in [0.2, 0.25) is 0 Å². The number of amides is 1. The summed E-state index contributed by atoms with van der Waals surface area (Å²) in [6.45, 7) is 3.08. The van der Waals surface area contributed by atoms with Gasteiger partial charge in [0, 0.05) is 43.3 Å². The van der Waals surface area contributed by atoms with E-state index in [0.29, 0.717) is 30.2 Å². The Hall–Kier alpha value is -2.66. The van der Waals surface area contributed by atoms with E-state index in [-0.39, 0.29) is 31.8 Å². The summed E-state index contributed by atoms with van der Waals surface area (Å²) in [6, 6.07) is 0. The highest BCUT2D eigenvalue weighted by Gasteiger charge is 2.51. The number of rotatable bonds is 5. The van der Waals surface area contributed by atoms with Crippen LogP contribution in [0.3, 0.4) is 0 Å². The zero-order valence-corrected chi connectivity index (χ0v) is 16.0. The molecule has 3 aliphatic rings. The second-order valence-electron chi connectivity index (χ2n) is 6.57. The first-order valence-corrected chi connectivity index (χ1v) is 9.78. The number of fused-ring (bicyclic) bond motifs is 1. The molecule has 0 spiro atoms. The Morgan fingerprint density at radius 3 is 3.11 bits per heavy atom. The highest BCUT2D eigenvalue weighted by Crippen LogP contribution is 2.28.